The second-order valence-electron chi connectivity index (χ2n) is 13.2. The van der Waals surface area contributed by atoms with Gasteiger partial charge in [-0.1, -0.05) is 18.2 Å². The predicted octanol–water partition coefficient (Wildman–Crippen LogP) is 0.770. The Labute approximate surface area is 293 Å². The fourth-order valence-corrected chi connectivity index (χ4v) is 10.6. The number of nitrogens with two attached hydrogens (primary N) is 1. The Morgan fingerprint density at radius 1 is 0.857 bits per heavy atom. The molecule has 4 amide bonds. The number of β-lactam (4-membered cyclic amide) rings is 2. The van der Waals surface area contributed by atoms with Gasteiger partial charge in [0.15, 0.2) is 5.92 Å². The lowest BCUT2D eigenvalue weighted by atomic mass is 9.95. The normalized spacial score (nSPS) is 29.9. The molecule has 18 heteroatoms. The summed E-state index contributed by atoms with van der Waals surface area (Å²) in [5, 5.41) is 35.6. The third-order valence-electron chi connectivity index (χ3n) is 9.05. The van der Waals surface area contributed by atoms with Gasteiger partial charge in [-0.15, -0.1) is 23.5 Å². The number of rotatable bonds is 9. The van der Waals surface area contributed by atoms with Crippen LogP contribution in [0.5, 0.6) is 0 Å². The van der Waals surface area contributed by atoms with Gasteiger partial charge in [0.05, 0.1) is 0 Å². The molecule has 6 rings (SSSR count). The van der Waals surface area contributed by atoms with Crippen molar-refractivity contribution >= 4 is 76.4 Å². The van der Waals surface area contributed by atoms with E-state index in [2.05, 4.69) is 10.6 Å². The van der Waals surface area contributed by atoms with Crippen LogP contribution in [0.15, 0.2) is 40.6 Å². The number of carbonyl (C=O) groups excluding carboxylic acids is 4. The molecule has 4 aliphatic heterocycles. The van der Waals surface area contributed by atoms with Crippen molar-refractivity contribution < 1.29 is 48.9 Å². The van der Waals surface area contributed by atoms with Crippen molar-refractivity contribution in [3.63, 3.8) is 0 Å². The molecule has 4 fully saturated rings. The summed E-state index contributed by atoms with van der Waals surface area (Å²) in [4.78, 5) is 86.4. The van der Waals surface area contributed by atoms with E-state index in [-0.39, 0.29) is 11.3 Å². The minimum absolute atomic E-state index is 0.349. The summed E-state index contributed by atoms with van der Waals surface area (Å²) < 4.78 is -1.31. The van der Waals surface area contributed by atoms with Crippen molar-refractivity contribution in [2.24, 2.45) is 5.73 Å². The van der Waals surface area contributed by atoms with Gasteiger partial charge >= 0.3 is 17.9 Å². The number of thioether (sulfide) groups is 2. The van der Waals surface area contributed by atoms with Crippen LogP contribution in [0.25, 0.3) is 0 Å². The molecule has 49 heavy (non-hydrogen) atoms. The molecule has 1 aromatic heterocycles. The first kappa shape index (κ1) is 36.4. The zero-order valence-corrected chi connectivity index (χ0v) is 29.3. The number of carbonyl (C=O) groups is 7. The van der Waals surface area contributed by atoms with Crippen molar-refractivity contribution in [3.05, 3.63) is 46.2 Å². The number of hydrogen-bond acceptors (Lipinski definition) is 11. The number of carboxylic acid groups (broad SMARTS) is 3. The van der Waals surface area contributed by atoms with Crippen LogP contribution in [0, 0.1) is 0 Å². The van der Waals surface area contributed by atoms with Gasteiger partial charge < -0.3 is 41.5 Å². The van der Waals surface area contributed by atoms with Crippen LogP contribution in [0.1, 0.15) is 52.0 Å². The molecule has 4 saturated heterocycles. The number of fused-ring (bicyclic) bond motifs is 2. The Morgan fingerprint density at radius 3 is 1.78 bits per heavy atom. The van der Waals surface area contributed by atoms with Crippen LogP contribution in [-0.2, 0) is 33.6 Å². The van der Waals surface area contributed by atoms with Crippen molar-refractivity contribution in [2.45, 2.75) is 96.9 Å². The van der Waals surface area contributed by atoms with Gasteiger partial charge in [-0.3, -0.25) is 24.0 Å². The molecule has 0 radical (unpaired) electrons. The molecule has 0 unspecified atom stereocenters. The van der Waals surface area contributed by atoms with Crippen LogP contribution in [0.4, 0.5) is 0 Å². The summed E-state index contributed by atoms with van der Waals surface area (Å²) in [5.41, 5.74) is 7.17. The second kappa shape index (κ2) is 13.4. The lowest BCUT2D eigenvalue weighted by Gasteiger charge is -2.43. The fourth-order valence-electron chi connectivity index (χ4n) is 6.66. The number of nitrogens with zero attached hydrogens (tertiary/aromatic N) is 2. The molecule has 8 atom stereocenters. The lowest BCUT2D eigenvalue weighted by Crippen LogP contribution is -2.71. The maximum atomic E-state index is 12.4. The van der Waals surface area contributed by atoms with Crippen LogP contribution < -0.4 is 16.4 Å². The van der Waals surface area contributed by atoms with E-state index in [0.717, 1.165) is 12.0 Å². The zero-order valence-electron chi connectivity index (χ0n) is 26.9. The zero-order chi connectivity index (χ0) is 36.2. The third-order valence-corrected chi connectivity index (χ3v) is 12.9. The van der Waals surface area contributed by atoms with Crippen molar-refractivity contribution in [3.8, 4) is 0 Å². The van der Waals surface area contributed by atoms with Gasteiger partial charge in [0.2, 0.25) is 23.6 Å². The van der Waals surface area contributed by atoms with Gasteiger partial charge in [0, 0.05) is 9.49 Å². The first-order valence-corrected chi connectivity index (χ1v) is 18.0. The minimum atomic E-state index is -1.40. The van der Waals surface area contributed by atoms with E-state index in [1.807, 2.05) is 18.2 Å². The fraction of sp³-hybridized carbons (Fsp3) is 0.516. The lowest BCUT2D eigenvalue weighted by molar-refractivity contribution is -0.161. The van der Waals surface area contributed by atoms with Gasteiger partial charge in [-0.05, 0) is 68.5 Å². The Kier molecular flexibility index (Phi) is 9.99. The molecule has 5 aliphatic rings. The van der Waals surface area contributed by atoms with Crippen molar-refractivity contribution in [1.29, 1.82) is 0 Å². The molecule has 5 heterocycles. The summed E-state index contributed by atoms with van der Waals surface area (Å²) in [7, 11) is 0. The number of aliphatic carboxylic acids is 3. The molecule has 264 valence electrons. The maximum Gasteiger partial charge on any atom is 0.327 e. The largest absolute Gasteiger partial charge is 0.480 e. The first-order valence-electron chi connectivity index (χ1n) is 15.3. The van der Waals surface area contributed by atoms with Crippen LogP contribution in [0.3, 0.4) is 0 Å². The minimum Gasteiger partial charge on any atom is -0.480 e. The Hall–Kier alpha value is -3.87. The number of carboxylic acids is 3. The highest BCUT2D eigenvalue weighted by molar-refractivity contribution is 8.02. The average Bonchev–Trinajstić information content (AvgIpc) is 3.71. The standard InChI is InChI=1S/C16H21N3O4S.C15H16N2O6S2/c1-16(2)11(15(22)23)19-13(21)10(14(19)24-16)18-12(20)9(17)8-6-4-3-5-7-8;1-15(2)9(14(22)23)17-11(19)8(12(17)25-15)16-10(18)7(13(20)21)6-3-4-24-5-6/h3-4,7,9-11,14H,5-6,17H2,1-2H3,(H,18,20)(H,22,23);3-5,7-9,12H,1-2H3,(H,16,18)(H,20,21)(H,22,23)/t9-,10-,11+,14-;7-,8-,9+,12-/m11/s1. The van der Waals surface area contributed by atoms with E-state index in [4.69, 9.17) is 5.73 Å². The van der Waals surface area contributed by atoms with Crippen molar-refractivity contribution in [1.82, 2.24) is 20.4 Å². The maximum absolute atomic E-state index is 12.4. The second-order valence-corrected chi connectivity index (χ2v) is 17.5. The molecule has 1 aliphatic carbocycles. The summed E-state index contributed by atoms with van der Waals surface area (Å²) in [6, 6.07) is -2.72. The van der Waals surface area contributed by atoms with E-state index < -0.39 is 86.6 Å². The molecule has 0 spiro atoms. The number of thiophene rings is 1. The van der Waals surface area contributed by atoms with Gasteiger partial charge in [-0.25, -0.2) is 9.59 Å². The van der Waals surface area contributed by atoms with Gasteiger partial charge in [0.25, 0.3) is 0 Å². The average molecular weight is 736 g/mol. The number of allylic oxidation sites excluding steroid dienone is 3. The smallest absolute Gasteiger partial charge is 0.327 e. The molecular formula is C31H37N5O10S3. The SMILES string of the molecule is CC1(C)S[C@@H]2[C@H](NC(=O)[C@H](C(=O)O)c3ccsc3)C(=O)N2[C@H]1C(=O)O.CC1(C)S[C@@H]2[C@H](NC(=O)[C@H](N)C3=CCC=CC3)C(=O)N2[C@H]1C(=O)O. The van der Waals surface area contributed by atoms with E-state index in [1.165, 1.54) is 44.7 Å². The van der Waals surface area contributed by atoms with Crippen molar-refractivity contribution in [2.75, 3.05) is 0 Å². The molecule has 7 N–H and O–H groups in total. The van der Waals surface area contributed by atoms with E-state index >= 15 is 0 Å². The summed E-state index contributed by atoms with van der Waals surface area (Å²) in [5.74, 6) is -6.86. The van der Waals surface area contributed by atoms with Crippen LogP contribution in [-0.4, -0.2) is 117 Å². The topological polar surface area (TPSA) is 237 Å². The monoisotopic (exact) mass is 735 g/mol. The quantitative estimate of drug-likeness (QED) is 0.117. The predicted molar refractivity (Wildman–Crippen MR) is 180 cm³/mol. The molecule has 15 nitrogen and oxygen atoms in total. The first-order chi connectivity index (χ1) is 22.9. The van der Waals surface area contributed by atoms with Gasteiger partial charge in [-0.2, -0.15) is 11.3 Å². The highest BCUT2D eigenvalue weighted by Gasteiger charge is 2.65. The molecule has 0 aromatic carbocycles. The Bertz CT molecular complexity index is 1640. The molecule has 1 aromatic rings. The van der Waals surface area contributed by atoms with E-state index in [9.17, 15) is 48.9 Å². The highest BCUT2D eigenvalue weighted by atomic mass is 32.2. The Balaban J connectivity index is 0.000000191. The molecule has 0 bridgehead atoms. The highest BCUT2D eigenvalue weighted by Crippen LogP contribution is 2.52. The summed E-state index contributed by atoms with van der Waals surface area (Å²) >= 11 is 3.96. The number of nitrogens with one attached hydrogen (secondary N) is 2. The van der Waals surface area contributed by atoms with Crippen LogP contribution in [0.2, 0.25) is 0 Å². The van der Waals surface area contributed by atoms with Crippen LogP contribution >= 0.6 is 34.9 Å². The molecule has 0 saturated carbocycles. The number of hydrogen-bond donors (Lipinski definition) is 6. The Morgan fingerprint density at radius 2 is 1.37 bits per heavy atom. The van der Waals surface area contributed by atoms with E-state index in [0.29, 0.717) is 12.0 Å². The summed E-state index contributed by atoms with van der Waals surface area (Å²) in [6.07, 6.45) is 7.27. The molecular weight excluding hydrogens is 699 g/mol. The van der Waals surface area contributed by atoms with Gasteiger partial charge in [0.1, 0.15) is 41.0 Å². The summed E-state index contributed by atoms with van der Waals surface area (Å²) in [6.45, 7) is 7.05. The number of amides is 4. The van der Waals surface area contributed by atoms with E-state index in [1.54, 1.807) is 44.5 Å². The third kappa shape index (κ3) is 6.58.